The van der Waals surface area contributed by atoms with Gasteiger partial charge in [0.2, 0.25) is 0 Å². The lowest BCUT2D eigenvalue weighted by Crippen LogP contribution is -2.44. The van der Waals surface area contributed by atoms with E-state index in [0.717, 1.165) is 10.4 Å². The monoisotopic (exact) mass is 459 g/mol. The summed E-state index contributed by atoms with van der Waals surface area (Å²) in [4.78, 5) is 20.7. The van der Waals surface area contributed by atoms with E-state index in [1.807, 2.05) is 58.0 Å². The van der Waals surface area contributed by atoms with Crippen LogP contribution in [0.1, 0.15) is 31.2 Å². The Morgan fingerprint density at radius 3 is 2.50 bits per heavy atom. The summed E-state index contributed by atoms with van der Waals surface area (Å²) < 4.78 is 37.5. The Labute approximate surface area is 188 Å². The zero-order chi connectivity index (χ0) is 23.1. The molecule has 0 spiro atoms. The van der Waals surface area contributed by atoms with E-state index in [-0.39, 0.29) is 17.5 Å². The molecule has 168 valence electrons. The van der Waals surface area contributed by atoms with Crippen molar-refractivity contribution in [2.24, 2.45) is 4.99 Å². The molecule has 0 radical (unpaired) electrons. The molecule has 1 aromatic heterocycles. The van der Waals surface area contributed by atoms with Gasteiger partial charge in [-0.15, -0.1) is 20.1 Å². The predicted octanol–water partition coefficient (Wildman–Crippen LogP) is 5.49. The van der Waals surface area contributed by atoms with Gasteiger partial charge in [-0.25, -0.2) is 4.79 Å². The van der Waals surface area contributed by atoms with Gasteiger partial charge in [-0.05, 0) is 45.4 Å². The maximum absolute atomic E-state index is 13.4. The van der Waals surface area contributed by atoms with E-state index in [1.54, 1.807) is 21.7 Å². The first kappa shape index (κ1) is 22.0. The minimum atomic E-state index is -3.69. The van der Waals surface area contributed by atoms with Crippen molar-refractivity contribution in [3.05, 3.63) is 70.0 Å². The quantitative estimate of drug-likeness (QED) is 0.520. The van der Waals surface area contributed by atoms with Crippen LogP contribution in [0.5, 0.6) is 11.5 Å². The van der Waals surface area contributed by atoms with Crippen LogP contribution >= 0.6 is 11.3 Å². The van der Waals surface area contributed by atoms with Gasteiger partial charge < -0.3 is 14.4 Å². The Hall–Kier alpha value is -3.20. The molecule has 0 saturated heterocycles. The summed E-state index contributed by atoms with van der Waals surface area (Å²) in [6.07, 6.45) is -1.89. The van der Waals surface area contributed by atoms with Crippen LogP contribution in [0.3, 0.4) is 0 Å². The van der Waals surface area contributed by atoms with Gasteiger partial charge in [0.15, 0.2) is 16.3 Å². The number of fused-ring (bicyclic) bond motifs is 1. The third-order valence-corrected chi connectivity index (χ3v) is 5.75. The van der Waals surface area contributed by atoms with E-state index in [2.05, 4.69) is 14.5 Å². The number of hydrogen-bond acceptors (Lipinski definition) is 4. The first-order chi connectivity index (χ1) is 15.0. The van der Waals surface area contributed by atoms with E-state index in [9.17, 15) is 13.6 Å². The Morgan fingerprint density at radius 2 is 1.81 bits per heavy atom. The summed E-state index contributed by atoms with van der Waals surface area (Å²) in [7, 11) is 0. The van der Waals surface area contributed by atoms with E-state index in [1.165, 1.54) is 23.5 Å². The van der Waals surface area contributed by atoms with Crippen molar-refractivity contribution in [2.45, 2.75) is 46.1 Å². The molecule has 9 heteroatoms. The number of halogens is 2. The molecular weight excluding hydrogens is 436 g/mol. The van der Waals surface area contributed by atoms with Crippen LogP contribution in [0.2, 0.25) is 0 Å². The fraction of sp³-hybridized carbons (Fsp3) is 0.304. The average Bonchev–Trinajstić information content (AvgIpc) is 3.22. The average molecular weight is 460 g/mol. The molecule has 4 rings (SSSR count). The molecule has 2 heterocycles. The number of thiazole rings is 1. The number of ether oxygens (including phenoxy) is 2. The second kappa shape index (κ2) is 8.05. The molecule has 0 atom stereocenters. The minimum absolute atomic E-state index is 0.0392. The molecule has 6 nitrogen and oxygen atoms in total. The van der Waals surface area contributed by atoms with Gasteiger partial charge in [0.25, 0.3) is 0 Å². The number of hydrogen-bond donors (Lipinski definition) is 0. The Bertz CT molecular complexity index is 1210. The van der Waals surface area contributed by atoms with Crippen LogP contribution in [-0.4, -0.2) is 27.3 Å². The molecule has 32 heavy (non-hydrogen) atoms. The first-order valence-corrected chi connectivity index (χ1v) is 10.8. The van der Waals surface area contributed by atoms with Crippen LogP contribution in [-0.2, 0) is 6.54 Å². The van der Waals surface area contributed by atoms with Gasteiger partial charge >= 0.3 is 12.3 Å². The molecule has 0 saturated carbocycles. The number of nitrogens with zero attached hydrogens (tertiary/aromatic N) is 3. The molecule has 0 fully saturated rings. The number of carbonyl (C=O) groups is 1. The summed E-state index contributed by atoms with van der Waals surface area (Å²) in [6.45, 7) is 8.16. The van der Waals surface area contributed by atoms with Gasteiger partial charge in [0.05, 0.1) is 5.69 Å². The van der Waals surface area contributed by atoms with Crippen molar-refractivity contribution in [3.63, 3.8) is 0 Å². The normalized spacial score (nSPS) is 15.1. The van der Waals surface area contributed by atoms with Crippen LogP contribution in [0.25, 0.3) is 5.69 Å². The lowest BCUT2D eigenvalue weighted by molar-refractivity contribution is -0.286. The lowest BCUT2D eigenvalue weighted by Gasteiger charge is -2.34. The topological polar surface area (TPSA) is 56.1 Å². The van der Waals surface area contributed by atoms with Crippen molar-refractivity contribution < 1.29 is 23.0 Å². The van der Waals surface area contributed by atoms with Gasteiger partial charge in [0, 0.05) is 29.2 Å². The molecular formula is C23H23F2N3O3S. The Kier molecular flexibility index (Phi) is 5.54. The molecule has 0 bridgehead atoms. The fourth-order valence-corrected chi connectivity index (χ4v) is 4.13. The van der Waals surface area contributed by atoms with Crippen LogP contribution in [0, 0.1) is 6.92 Å². The van der Waals surface area contributed by atoms with Crippen molar-refractivity contribution in [1.29, 1.82) is 0 Å². The van der Waals surface area contributed by atoms with Crippen LogP contribution in [0.15, 0.2) is 59.7 Å². The standard InChI is InChI=1S/C23H23F2N3O3S/c1-15-13-27(17-10-11-18-19(12-17)31-23(24,25)30-18)21(32-15)26-20(29)28(22(2,3)4)14-16-8-6-5-7-9-16/h5-13H,14H2,1-4H3. The number of benzene rings is 2. The molecule has 3 aromatic rings. The van der Waals surface area contributed by atoms with Gasteiger partial charge in [-0.3, -0.25) is 4.57 Å². The third-order valence-electron chi connectivity index (χ3n) is 4.85. The number of alkyl halides is 2. The summed E-state index contributed by atoms with van der Waals surface area (Å²) in [5, 5.41) is 0. The molecule has 2 aromatic carbocycles. The van der Waals surface area contributed by atoms with Gasteiger partial charge in [0.1, 0.15) is 0 Å². The highest BCUT2D eigenvalue weighted by molar-refractivity contribution is 7.09. The summed E-state index contributed by atoms with van der Waals surface area (Å²) in [5.74, 6) is -0.107. The second-order valence-corrected chi connectivity index (χ2v) is 9.64. The van der Waals surface area contributed by atoms with Crippen molar-refractivity contribution >= 4 is 17.4 Å². The molecule has 0 aliphatic carbocycles. The largest absolute Gasteiger partial charge is 0.586 e. The predicted molar refractivity (Wildman–Crippen MR) is 117 cm³/mol. The van der Waals surface area contributed by atoms with Gasteiger partial charge in [-0.1, -0.05) is 30.3 Å². The van der Waals surface area contributed by atoms with E-state index >= 15 is 0 Å². The maximum Gasteiger partial charge on any atom is 0.586 e. The Morgan fingerprint density at radius 1 is 1.12 bits per heavy atom. The van der Waals surface area contributed by atoms with E-state index in [0.29, 0.717) is 17.0 Å². The van der Waals surface area contributed by atoms with Gasteiger partial charge in [-0.2, -0.15) is 4.99 Å². The zero-order valence-electron chi connectivity index (χ0n) is 18.1. The third kappa shape index (κ3) is 4.67. The molecule has 1 aliphatic rings. The van der Waals surface area contributed by atoms with Crippen molar-refractivity contribution in [1.82, 2.24) is 9.47 Å². The zero-order valence-corrected chi connectivity index (χ0v) is 19.0. The molecule has 1 aliphatic heterocycles. The Balaban J connectivity index is 1.70. The SMILES string of the molecule is Cc1cn(-c2ccc3c(c2)OC(F)(F)O3)c(=NC(=O)N(Cc2ccccc2)C(C)(C)C)s1. The summed E-state index contributed by atoms with van der Waals surface area (Å²) >= 11 is 1.33. The smallest absolute Gasteiger partial charge is 0.395 e. The maximum atomic E-state index is 13.4. The van der Waals surface area contributed by atoms with Crippen molar-refractivity contribution in [3.8, 4) is 17.2 Å². The second-order valence-electron chi connectivity index (χ2n) is 8.43. The highest BCUT2D eigenvalue weighted by atomic mass is 32.1. The number of amides is 2. The molecule has 0 unspecified atom stereocenters. The summed E-state index contributed by atoms with van der Waals surface area (Å²) in [5.41, 5.74) is 1.07. The fourth-order valence-electron chi connectivity index (χ4n) is 3.31. The van der Waals surface area contributed by atoms with E-state index in [4.69, 9.17) is 0 Å². The van der Waals surface area contributed by atoms with E-state index < -0.39 is 11.8 Å². The van der Waals surface area contributed by atoms with Crippen molar-refractivity contribution in [2.75, 3.05) is 0 Å². The van der Waals surface area contributed by atoms with Crippen LogP contribution < -0.4 is 14.3 Å². The number of carbonyl (C=O) groups excluding carboxylic acids is 1. The summed E-state index contributed by atoms with van der Waals surface area (Å²) in [6, 6.07) is 13.8. The number of aromatic nitrogens is 1. The molecule has 0 N–H and O–H groups in total. The number of rotatable bonds is 3. The molecule has 2 amide bonds. The highest BCUT2D eigenvalue weighted by Gasteiger charge is 2.43. The number of urea groups is 1. The van der Waals surface area contributed by atoms with Crippen LogP contribution in [0.4, 0.5) is 13.6 Å². The lowest BCUT2D eigenvalue weighted by atomic mass is 10.1. The minimum Gasteiger partial charge on any atom is -0.395 e. The highest BCUT2D eigenvalue weighted by Crippen LogP contribution is 2.41. The number of aryl methyl sites for hydroxylation is 1. The first-order valence-electron chi connectivity index (χ1n) is 10.0.